The lowest BCUT2D eigenvalue weighted by Gasteiger charge is -2.35. The van der Waals surface area contributed by atoms with Crippen LogP contribution in [0, 0.1) is 0 Å². The summed E-state index contributed by atoms with van der Waals surface area (Å²) < 4.78 is 2.38. The van der Waals surface area contributed by atoms with Gasteiger partial charge in [0.15, 0.2) is 0 Å². The summed E-state index contributed by atoms with van der Waals surface area (Å²) in [5.74, 6) is 0.376. The summed E-state index contributed by atoms with van der Waals surface area (Å²) in [5.41, 5.74) is 19.5. The van der Waals surface area contributed by atoms with Crippen molar-refractivity contribution in [3.05, 3.63) is 276 Å². The van der Waals surface area contributed by atoms with Crippen molar-refractivity contribution in [2.75, 3.05) is 4.90 Å². The molecule has 0 fully saturated rings. The van der Waals surface area contributed by atoms with E-state index in [9.17, 15) is 0 Å². The molecule has 0 spiro atoms. The molecule has 10 aromatic rings. The van der Waals surface area contributed by atoms with E-state index in [1.54, 1.807) is 0 Å². The zero-order valence-electron chi connectivity index (χ0n) is 37.2. The van der Waals surface area contributed by atoms with E-state index in [-0.39, 0.29) is 5.41 Å². The highest BCUT2D eigenvalue weighted by Crippen LogP contribution is 2.58. The van der Waals surface area contributed by atoms with E-state index in [2.05, 4.69) is 260 Å². The average Bonchev–Trinajstić information content (AvgIpc) is 4.02. The monoisotopic (exact) mass is 844 g/mol. The summed E-state index contributed by atoms with van der Waals surface area (Å²) in [6, 6.07) is 77.5. The summed E-state index contributed by atoms with van der Waals surface area (Å²) in [4.78, 5) is 2.49. The molecule has 314 valence electrons. The van der Waals surface area contributed by atoms with Gasteiger partial charge in [0, 0.05) is 51.1 Å². The summed E-state index contributed by atoms with van der Waals surface area (Å²) in [5, 5.41) is 3.78. The largest absolute Gasteiger partial charge is 0.316 e. The predicted octanol–water partition coefficient (Wildman–Crippen LogP) is 16.5. The molecular formula is C64H48N2. The fourth-order valence-electron chi connectivity index (χ4n) is 11.8. The zero-order chi connectivity index (χ0) is 44.0. The molecule has 0 saturated heterocycles. The van der Waals surface area contributed by atoms with Gasteiger partial charge < -0.3 is 9.47 Å². The number of rotatable bonds is 7. The van der Waals surface area contributed by atoms with E-state index in [0.29, 0.717) is 5.92 Å². The zero-order valence-corrected chi connectivity index (χ0v) is 37.2. The van der Waals surface area contributed by atoms with Gasteiger partial charge in [-0.15, -0.1) is 0 Å². The van der Waals surface area contributed by atoms with Crippen LogP contribution < -0.4 is 4.90 Å². The molecule has 1 unspecified atom stereocenters. The van der Waals surface area contributed by atoms with Crippen LogP contribution in [0.5, 0.6) is 0 Å². The van der Waals surface area contributed by atoms with E-state index >= 15 is 0 Å². The van der Waals surface area contributed by atoms with E-state index in [4.69, 9.17) is 0 Å². The van der Waals surface area contributed by atoms with E-state index in [0.717, 1.165) is 23.5 Å². The summed E-state index contributed by atoms with van der Waals surface area (Å²) in [6.07, 6.45) is 12.2. The third-order valence-electron chi connectivity index (χ3n) is 15.0. The molecule has 1 heterocycles. The van der Waals surface area contributed by atoms with Gasteiger partial charge in [0.1, 0.15) is 0 Å². The Morgan fingerprint density at radius 3 is 1.79 bits per heavy atom. The number of anilines is 3. The minimum Gasteiger partial charge on any atom is -0.316 e. The van der Waals surface area contributed by atoms with Gasteiger partial charge in [-0.2, -0.15) is 0 Å². The number of hydrogen-bond donors (Lipinski definition) is 0. The molecule has 13 rings (SSSR count). The van der Waals surface area contributed by atoms with Crippen LogP contribution in [0.2, 0.25) is 0 Å². The normalized spacial score (nSPS) is 15.9. The molecule has 0 aliphatic heterocycles. The standard InChI is InChI=1S/C64H48N2/c1-63(2)59-40-50(65-39-38-46-27-26-45-18-12-13-23-53(45)62(46)65)32-35-55(59)56-36-33-51(41-60(56)63)66(49-30-28-44(29-31-49)43-16-6-3-7-17-43)52-34-37-57-54-24-14-15-25-58(54)64(61(57)42-52,47-19-8-4-9-20-47)48-21-10-5-11-22-48/h3-16,18-43H,17H2,1-2H3. The molecule has 2 nitrogen and oxygen atoms in total. The number of allylic oxidation sites excluding steroid dienone is 4. The van der Waals surface area contributed by atoms with Crippen LogP contribution in [0.25, 0.3) is 49.6 Å². The van der Waals surface area contributed by atoms with Crippen LogP contribution >= 0.6 is 0 Å². The minimum atomic E-state index is -0.503. The lowest BCUT2D eigenvalue weighted by molar-refractivity contribution is 0.660. The molecule has 0 saturated carbocycles. The third kappa shape index (κ3) is 5.67. The van der Waals surface area contributed by atoms with Crippen molar-refractivity contribution in [3.8, 4) is 27.9 Å². The Morgan fingerprint density at radius 1 is 0.470 bits per heavy atom. The van der Waals surface area contributed by atoms with Gasteiger partial charge in [0.25, 0.3) is 0 Å². The average molecular weight is 845 g/mol. The topological polar surface area (TPSA) is 8.17 Å². The van der Waals surface area contributed by atoms with E-state index in [1.165, 1.54) is 88.6 Å². The molecule has 1 aromatic heterocycles. The molecule has 9 aromatic carbocycles. The highest BCUT2D eigenvalue weighted by molar-refractivity contribution is 6.06. The fourth-order valence-corrected chi connectivity index (χ4v) is 11.8. The molecule has 3 aliphatic carbocycles. The first-order valence-electron chi connectivity index (χ1n) is 23.4. The van der Waals surface area contributed by atoms with Crippen molar-refractivity contribution in [2.24, 2.45) is 0 Å². The SMILES string of the molecule is CC1(C)c2cc(N(c3ccc(C4C=CC=CC4)cc3)c3ccc4c(c3)C(c3ccccc3)(c3ccccc3)c3ccccc3-4)ccc2-c2ccc(-n3ccc4ccc5ccccc5c43)cc21. The van der Waals surface area contributed by atoms with Crippen LogP contribution in [0.15, 0.2) is 237 Å². The Balaban J connectivity index is 0.977. The van der Waals surface area contributed by atoms with Gasteiger partial charge >= 0.3 is 0 Å². The number of aromatic nitrogens is 1. The van der Waals surface area contributed by atoms with Crippen molar-refractivity contribution >= 4 is 38.7 Å². The predicted molar refractivity (Wildman–Crippen MR) is 276 cm³/mol. The maximum atomic E-state index is 2.49. The second kappa shape index (κ2) is 14.8. The Labute approximate surface area is 387 Å². The Hall–Kier alpha value is -7.94. The van der Waals surface area contributed by atoms with Crippen LogP contribution in [-0.4, -0.2) is 4.57 Å². The van der Waals surface area contributed by atoms with Crippen LogP contribution in [0.4, 0.5) is 17.1 Å². The van der Waals surface area contributed by atoms with Crippen molar-refractivity contribution in [2.45, 2.75) is 37.0 Å². The Bertz CT molecular complexity index is 3550. The summed E-state index contributed by atoms with van der Waals surface area (Å²) >= 11 is 0. The number of benzene rings is 9. The van der Waals surface area contributed by atoms with Crippen molar-refractivity contribution in [3.63, 3.8) is 0 Å². The van der Waals surface area contributed by atoms with Crippen molar-refractivity contribution in [1.82, 2.24) is 4.57 Å². The maximum absolute atomic E-state index is 2.49. The minimum absolute atomic E-state index is 0.243. The smallest absolute Gasteiger partial charge is 0.0714 e. The quantitative estimate of drug-likeness (QED) is 0.155. The highest BCUT2D eigenvalue weighted by atomic mass is 15.1. The Morgan fingerprint density at radius 2 is 1.06 bits per heavy atom. The van der Waals surface area contributed by atoms with Gasteiger partial charge in [-0.1, -0.05) is 190 Å². The highest BCUT2D eigenvalue weighted by Gasteiger charge is 2.46. The molecule has 3 aliphatic rings. The molecule has 66 heavy (non-hydrogen) atoms. The fraction of sp³-hybridized carbons (Fsp3) is 0.0938. The Kier molecular flexibility index (Phi) is 8.64. The summed E-state index contributed by atoms with van der Waals surface area (Å²) in [7, 11) is 0. The molecular weight excluding hydrogens is 797 g/mol. The van der Waals surface area contributed by atoms with Crippen molar-refractivity contribution in [1.29, 1.82) is 0 Å². The van der Waals surface area contributed by atoms with Gasteiger partial charge in [-0.05, 0) is 128 Å². The molecule has 0 radical (unpaired) electrons. The lowest BCUT2D eigenvalue weighted by atomic mass is 9.67. The first kappa shape index (κ1) is 38.5. The molecule has 2 heteroatoms. The van der Waals surface area contributed by atoms with Crippen molar-refractivity contribution < 1.29 is 0 Å². The van der Waals surface area contributed by atoms with Crippen LogP contribution in [-0.2, 0) is 10.8 Å². The number of fused-ring (bicyclic) bond motifs is 9. The number of hydrogen-bond acceptors (Lipinski definition) is 1. The molecule has 0 amide bonds. The molecule has 0 bridgehead atoms. The van der Waals surface area contributed by atoms with Crippen LogP contribution in [0.1, 0.15) is 65.1 Å². The lowest BCUT2D eigenvalue weighted by Crippen LogP contribution is -2.28. The second-order valence-electron chi connectivity index (χ2n) is 18.8. The summed E-state index contributed by atoms with van der Waals surface area (Å²) in [6.45, 7) is 4.81. The second-order valence-corrected chi connectivity index (χ2v) is 18.8. The molecule has 1 atom stereocenters. The van der Waals surface area contributed by atoms with Gasteiger partial charge in [0.05, 0.1) is 10.9 Å². The van der Waals surface area contributed by atoms with Crippen LogP contribution in [0.3, 0.4) is 0 Å². The van der Waals surface area contributed by atoms with Gasteiger partial charge in [-0.3, -0.25) is 0 Å². The first-order chi connectivity index (χ1) is 32.5. The maximum Gasteiger partial charge on any atom is 0.0714 e. The third-order valence-corrected chi connectivity index (χ3v) is 15.0. The van der Waals surface area contributed by atoms with E-state index in [1.807, 2.05) is 0 Å². The van der Waals surface area contributed by atoms with E-state index < -0.39 is 5.41 Å². The number of nitrogens with zero attached hydrogens (tertiary/aromatic N) is 2. The van der Waals surface area contributed by atoms with Gasteiger partial charge in [-0.25, -0.2) is 0 Å². The molecule has 0 N–H and O–H groups in total. The van der Waals surface area contributed by atoms with Gasteiger partial charge in [0.2, 0.25) is 0 Å². The first-order valence-corrected chi connectivity index (χ1v) is 23.4.